The molecule has 0 amide bonds. The minimum atomic E-state index is 0.954. The predicted molar refractivity (Wildman–Crippen MR) is 62.6 cm³/mol. The van der Waals surface area contributed by atoms with Crippen molar-refractivity contribution in [3.8, 4) is 0 Å². The summed E-state index contributed by atoms with van der Waals surface area (Å²) in [6, 6.07) is 8.39. The Balaban J connectivity index is 2.26. The third-order valence-corrected chi connectivity index (χ3v) is 2.82. The smallest absolute Gasteiger partial charge is 0.0349 e. The SMILES string of the molecule is C1=C(c2cncc3ccccc23)CNC1. The van der Waals surface area contributed by atoms with Crippen molar-refractivity contribution in [3.05, 3.63) is 48.3 Å². The molecule has 1 aliphatic rings. The van der Waals surface area contributed by atoms with E-state index in [9.17, 15) is 0 Å². The van der Waals surface area contributed by atoms with Crippen molar-refractivity contribution < 1.29 is 0 Å². The van der Waals surface area contributed by atoms with Crippen molar-refractivity contribution in [3.63, 3.8) is 0 Å². The molecule has 74 valence electrons. The lowest BCUT2D eigenvalue weighted by Gasteiger charge is -2.06. The fourth-order valence-electron chi connectivity index (χ4n) is 2.05. The molecule has 2 aromatic rings. The van der Waals surface area contributed by atoms with Gasteiger partial charge in [-0.15, -0.1) is 0 Å². The zero-order chi connectivity index (χ0) is 10.1. The molecule has 2 heteroatoms. The first-order chi connectivity index (χ1) is 7.45. The van der Waals surface area contributed by atoms with Crippen LogP contribution in [-0.2, 0) is 0 Å². The van der Waals surface area contributed by atoms with Crippen LogP contribution in [0.1, 0.15) is 5.56 Å². The highest BCUT2D eigenvalue weighted by molar-refractivity contribution is 5.93. The zero-order valence-electron chi connectivity index (χ0n) is 8.40. The molecule has 3 rings (SSSR count). The number of nitrogens with one attached hydrogen (secondary N) is 1. The number of hydrogen-bond acceptors (Lipinski definition) is 2. The molecule has 1 N–H and O–H groups in total. The summed E-state index contributed by atoms with van der Waals surface area (Å²) in [7, 11) is 0. The molecule has 0 fully saturated rings. The van der Waals surface area contributed by atoms with Crippen LogP contribution in [0.3, 0.4) is 0 Å². The minimum Gasteiger partial charge on any atom is -0.309 e. The first kappa shape index (κ1) is 8.62. The third-order valence-electron chi connectivity index (χ3n) is 2.82. The predicted octanol–water partition coefficient (Wildman–Crippen LogP) is 2.22. The van der Waals surface area contributed by atoms with Crippen LogP contribution in [-0.4, -0.2) is 18.1 Å². The Labute approximate surface area is 88.6 Å². The van der Waals surface area contributed by atoms with Gasteiger partial charge in [0.05, 0.1) is 0 Å². The molecule has 0 saturated carbocycles. The van der Waals surface area contributed by atoms with E-state index < -0.39 is 0 Å². The number of benzene rings is 1. The molecule has 0 radical (unpaired) electrons. The highest BCUT2D eigenvalue weighted by Crippen LogP contribution is 2.24. The van der Waals surface area contributed by atoms with Crippen molar-refractivity contribution >= 4 is 16.3 Å². The largest absolute Gasteiger partial charge is 0.309 e. The van der Waals surface area contributed by atoms with E-state index >= 15 is 0 Å². The lowest BCUT2D eigenvalue weighted by atomic mass is 10.0. The second-order valence-corrected chi connectivity index (χ2v) is 3.77. The summed E-state index contributed by atoms with van der Waals surface area (Å²) in [5.74, 6) is 0. The van der Waals surface area contributed by atoms with Gasteiger partial charge in [-0.2, -0.15) is 0 Å². The molecule has 1 aromatic carbocycles. The number of fused-ring (bicyclic) bond motifs is 1. The average molecular weight is 196 g/mol. The van der Waals surface area contributed by atoms with Crippen LogP contribution in [0.15, 0.2) is 42.7 Å². The van der Waals surface area contributed by atoms with Gasteiger partial charge in [0.25, 0.3) is 0 Å². The monoisotopic (exact) mass is 196 g/mol. The number of nitrogens with zero attached hydrogens (tertiary/aromatic N) is 1. The second-order valence-electron chi connectivity index (χ2n) is 3.77. The summed E-state index contributed by atoms with van der Waals surface area (Å²) in [6.45, 7) is 1.92. The Hall–Kier alpha value is -1.67. The van der Waals surface area contributed by atoms with Gasteiger partial charge < -0.3 is 5.32 Å². The van der Waals surface area contributed by atoms with Crippen molar-refractivity contribution in [1.82, 2.24) is 10.3 Å². The molecule has 0 spiro atoms. The molecule has 1 aliphatic heterocycles. The van der Waals surface area contributed by atoms with Gasteiger partial charge in [-0.3, -0.25) is 4.98 Å². The minimum absolute atomic E-state index is 0.954. The van der Waals surface area contributed by atoms with Crippen molar-refractivity contribution in [1.29, 1.82) is 0 Å². The second kappa shape index (κ2) is 3.48. The standard InChI is InChI=1S/C13H12N2/c1-2-4-12-10(3-1)8-15-9-13(12)11-5-6-14-7-11/h1-5,8-9,14H,6-7H2. The molecule has 1 aromatic heterocycles. The number of pyridine rings is 1. The molecule has 0 unspecified atom stereocenters. The van der Waals surface area contributed by atoms with E-state index in [-0.39, 0.29) is 0 Å². The first-order valence-electron chi connectivity index (χ1n) is 5.18. The Bertz CT molecular complexity index is 524. The highest BCUT2D eigenvalue weighted by Gasteiger charge is 2.09. The van der Waals surface area contributed by atoms with Crippen molar-refractivity contribution in [2.45, 2.75) is 0 Å². The third kappa shape index (κ3) is 1.43. The Kier molecular flexibility index (Phi) is 2.00. The van der Waals surface area contributed by atoms with Gasteiger partial charge in [-0.05, 0) is 11.0 Å². The summed E-state index contributed by atoms with van der Waals surface area (Å²) in [6.07, 6.45) is 6.12. The van der Waals surface area contributed by atoms with E-state index in [1.54, 1.807) is 0 Å². The average Bonchev–Trinajstić information content (AvgIpc) is 2.82. The zero-order valence-corrected chi connectivity index (χ0v) is 8.40. The molecule has 15 heavy (non-hydrogen) atoms. The fraction of sp³-hybridized carbons (Fsp3) is 0.154. The summed E-state index contributed by atoms with van der Waals surface area (Å²) >= 11 is 0. The van der Waals surface area contributed by atoms with E-state index in [1.807, 2.05) is 12.4 Å². The summed E-state index contributed by atoms with van der Waals surface area (Å²) in [5.41, 5.74) is 2.62. The molecule has 0 bridgehead atoms. The van der Waals surface area contributed by atoms with Crippen molar-refractivity contribution in [2.24, 2.45) is 0 Å². The number of hydrogen-bond donors (Lipinski definition) is 1. The fourth-order valence-corrected chi connectivity index (χ4v) is 2.05. The lowest BCUT2D eigenvalue weighted by molar-refractivity contribution is 0.897. The quantitative estimate of drug-likeness (QED) is 0.756. The van der Waals surface area contributed by atoms with E-state index in [0.717, 1.165) is 13.1 Å². The van der Waals surface area contributed by atoms with Crippen LogP contribution < -0.4 is 5.32 Å². The molecule has 0 atom stereocenters. The van der Waals surface area contributed by atoms with Crippen LogP contribution in [0, 0.1) is 0 Å². The molecule has 2 heterocycles. The van der Waals surface area contributed by atoms with Crippen LogP contribution in [0.2, 0.25) is 0 Å². The van der Waals surface area contributed by atoms with E-state index in [4.69, 9.17) is 0 Å². The molecule has 2 nitrogen and oxygen atoms in total. The van der Waals surface area contributed by atoms with E-state index in [0.29, 0.717) is 0 Å². The first-order valence-corrected chi connectivity index (χ1v) is 5.18. The molecular weight excluding hydrogens is 184 g/mol. The summed E-state index contributed by atoms with van der Waals surface area (Å²) in [4.78, 5) is 4.29. The normalized spacial score (nSPS) is 15.6. The lowest BCUT2D eigenvalue weighted by Crippen LogP contribution is -2.07. The van der Waals surface area contributed by atoms with E-state index in [2.05, 4.69) is 40.6 Å². The number of rotatable bonds is 1. The maximum absolute atomic E-state index is 4.29. The molecular formula is C13H12N2. The van der Waals surface area contributed by atoms with Crippen LogP contribution in [0.5, 0.6) is 0 Å². The van der Waals surface area contributed by atoms with Gasteiger partial charge in [0.1, 0.15) is 0 Å². The topological polar surface area (TPSA) is 24.9 Å². The van der Waals surface area contributed by atoms with E-state index in [1.165, 1.54) is 21.9 Å². The Morgan fingerprint density at radius 1 is 1.13 bits per heavy atom. The van der Waals surface area contributed by atoms with Crippen molar-refractivity contribution in [2.75, 3.05) is 13.1 Å². The van der Waals surface area contributed by atoms with Crippen LogP contribution >= 0.6 is 0 Å². The van der Waals surface area contributed by atoms with Crippen LogP contribution in [0.25, 0.3) is 16.3 Å². The summed E-state index contributed by atoms with van der Waals surface area (Å²) in [5, 5.41) is 5.82. The van der Waals surface area contributed by atoms with Gasteiger partial charge in [-0.1, -0.05) is 30.3 Å². The van der Waals surface area contributed by atoms with Gasteiger partial charge in [0.15, 0.2) is 0 Å². The molecule has 0 saturated heterocycles. The van der Waals surface area contributed by atoms with Gasteiger partial charge in [0.2, 0.25) is 0 Å². The van der Waals surface area contributed by atoms with Gasteiger partial charge in [0, 0.05) is 36.4 Å². The Morgan fingerprint density at radius 3 is 2.93 bits per heavy atom. The summed E-state index contributed by atoms with van der Waals surface area (Å²) < 4.78 is 0. The van der Waals surface area contributed by atoms with Gasteiger partial charge >= 0.3 is 0 Å². The molecule has 0 aliphatic carbocycles. The highest BCUT2D eigenvalue weighted by atomic mass is 14.9. The van der Waals surface area contributed by atoms with Gasteiger partial charge in [-0.25, -0.2) is 0 Å². The number of aromatic nitrogens is 1. The maximum atomic E-state index is 4.29. The Morgan fingerprint density at radius 2 is 2.07 bits per heavy atom. The van der Waals surface area contributed by atoms with Crippen LogP contribution in [0.4, 0.5) is 0 Å². The maximum Gasteiger partial charge on any atom is 0.0349 e.